The lowest BCUT2D eigenvalue weighted by atomic mass is 9.70. The number of nitrogens with zero attached hydrogens (tertiary/aromatic N) is 3. The van der Waals surface area contributed by atoms with Gasteiger partial charge in [-0.25, -0.2) is 0 Å². The molecule has 0 aliphatic carbocycles. The molecule has 3 unspecified atom stereocenters. The third kappa shape index (κ3) is 4.72. The van der Waals surface area contributed by atoms with Crippen LogP contribution in [0.1, 0.15) is 39.0 Å². The van der Waals surface area contributed by atoms with E-state index in [4.69, 9.17) is 0 Å². The first-order valence-electron chi connectivity index (χ1n) is 12.3. The number of likely N-dealkylation sites (tertiary alicyclic amines) is 1. The maximum absolute atomic E-state index is 14.1. The number of hydrogen-bond acceptors (Lipinski definition) is 5. The van der Waals surface area contributed by atoms with Gasteiger partial charge in [0.25, 0.3) is 0 Å². The molecule has 0 saturated carbocycles. The number of carbonyl (C=O) groups excluding carboxylic acids is 3. The number of amides is 3. The van der Waals surface area contributed by atoms with Gasteiger partial charge in [0.05, 0.1) is 16.6 Å². The summed E-state index contributed by atoms with van der Waals surface area (Å²) in [5, 5.41) is 9.26. The van der Waals surface area contributed by atoms with Gasteiger partial charge in [-0.15, -0.1) is 24.9 Å². The maximum atomic E-state index is 14.1. The van der Waals surface area contributed by atoms with Gasteiger partial charge in [-0.2, -0.15) is 0 Å². The van der Waals surface area contributed by atoms with Crippen molar-refractivity contribution in [3.63, 3.8) is 0 Å². The van der Waals surface area contributed by atoms with E-state index in [1.165, 1.54) is 0 Å². The molecule has 7 nitrogen and oxygen atoms in total. The molecule has 9 heteroatoms. The van der Waals surface area contributed by atoms with Crippen LogP contribution in [0.15, 0.2) is 25.3 Å². The zero-order valence-electron chi connectivity index (χ0n) is 20.3. The molecule has 0 radical (unpaired) electrons. The molecule has 3 aliphatic rings. The van der Waals surface area contributed by atoms with Crippen LogP contribution in [0.5, 0.6) is 0 Å². The molecule has 3 saturated heterocycles. The summed E-state index contributed by atoms with van der Waals surface area (Å²) >= 11 is 5.46. The van der Waals surface area contributed by atoms with Gasteiger partial charge in [0.2, 0.25) is 17.7 Å². The highest BCUT2D eigenvalue weighted by Gasteiger charge is 2.75. The largest absolute Gasteiger partial charge is 0.396 e. The van der Waals surface area contributed by atoms with Crippen molar-refractivity contribution in [3.8, 4) is 0 Å². The van der Waals surface area contributed by atoms with Crippen LogP contribution in [0.3, 0.4) is 0 Å². The Morgan fingerprint density at radius 2 is 1.94 bits per heavy atom. The fraction of sp³-hybridized carbons (Fsp3) is 0.720. The van der Waals surface area contributed by atoms with Crippen molar-refractivity contribution in [2.24, 2.45) is 11.8 Å². The van der Waals surface area contributed by atoms with Crippen molar-refractivity contribution in [2.75, 3.05) is 39.8 Å². The van der Waals surface area contributed by atoms with Gasteiger partial charge in [-0.1, -0.05) is 41.4 Å². The Morgan fingerprint density at radius 3 is 2.56 bits per heavy atom. The van der Waals surface area contributed by atoms with Crippen molar-refractivity contribution < 1.29 is 19.5 Å². The summed E-state index contributed by atoms with van der Waals surface area (Å²) in [4.78, 5) is 46.8. The molecular formula is C25H38BrN3O4S. The zero-order valence-corrected chi connectivity index (χ0v) is 22.7. The summed E-state index contributed by atoms with van der Waals surface area (Å²) in [5.74, 6) is -1.18. The average molecular weight is 557 g/mol. The summed E-state index contributed by atoms with van der Waals surface area (Å²) in [6, 6.07) is -0.613. The van der Waals surface area contributed by atoms with Crippen LogP contribution >= 0.6 is 27.7 Å². The van der Waals surface area contributed by atoms with Crippen molar-refractivity contribution in [1.29, 1.82) is 0 Å². The van der Waals surface area contributed by atoms with Crippen molar-refractivity contribution >= 4 is 45.4 Å². The first kappa shape index (κ1) is 27.3. The molecule has 34 heavy (non-hydrogen) atoms. The van der Waals surface area contributed by atoms with Crippen LogP contribution in [0.25, 0.3) is 0 Å². The topological polar surface area (TPSA) is 81.2 Å². The molecule has 190 valence electrons. The van der Waals surface area contributed by atoms with Crippen molar-refractivity contribution in [3.05, 3.63) is 25.3 Å². The lowest BCUT2D eigenvalue weighted by molar-refractivity contribution is -0.144. The lowest BCUT2D eigenvalue weighted by Gasteiger charge is -2.38. The number of fused-ring (bicyclic) bond motifs is 1. The second kappa shape index (κ2) is 11.6. The highest BCUT2D eigenvalue weighted by Crippen LogP contribution is 2.68. The summed E-state index contributed by atoms with van der Waals surface area (Å²) < 4.78 is -0.632. The maximum Gasteiger partial charge on any atom is 0.247 e. The van der Waals surface area contributed by atoms with Crippen LogP contribution in [-0.4, -0.2) is 98.2 Å². The summed E-state index contributed by atoms with van der Waals surface area (Å²) in [6.07, 6.45) is 7.12. The monoisotopic (exact) mass is 555 g/mol. The Hall–Kier alpha value is -1.32. The molecule has 3 aliphatic heterocycles. The van der Waals surface area contributed by atoms with Crippen LogP contribution in [0, 0.1) is 11.8 Å². The van der Waals surface area contributed by atoms with Crippen LogP contribution in [0.2, 0.25) is 0 Å². The number of halogens is 1. The Kier molecular flexibility index (Phi) is 9.31. The molecule has 3 rings (SSSR count). The molecule has 0 aromatic rings. The van der Waals surface area contributed by atoms with E-state index in [2.05, 4.69) is 36.0 Å². The average Bonchev–Trinajstić information content (AvgIpc) is 3.39. The number of aliphatic hydroxyl groups is 1. The molecule has 1 spiro atoms. The van der Waals surface area contributed by atoms with Crippen molar-refractivity contribution in [1.82, 2.24) is 14.7 Å². The second-order valence-electron chi connectivity index (χ2n) is 9.56. The first-order chi connectivity index (χ1) is 16.3. The minimum atomic E-state index is -0.632. The van der Waals surface area contributed by atoms with E-state index < -0.39 is 22.6 Å². The first-order valence-corrected chi connectivity index (χ1v) is 14.1. The van der Waals surface area contributed by atoms with E-state index >= 15 is 0 Å². The number of unbranched alkanes of at least 4 members (excludes halogenated alkanes) is 2. The van der Waals surface area contributed by atoms with Gasteiger partial charge in [0.1, 0.15) is 6.04 Å². The number of likely N-dealkylation sites (N-methyl/N-ethyl adjacent to an activating group) is 1. The fourth-order valence-corrected chi connectivity index (χ4v) is 9.43. The third-order valence-corrected chi connectivity index (χ3v) is 10.6. The van der Waals surface area contributed by atoms with Crippen LogP contribution in [0.4, 0.5) is 0 Å². The molecule has 3 heterocycles. The Morgan fingerprint density at radius 1 is 1.24 bits per heavy atom. The zero-order chi connectivity index (χ0) is 25.0. The normalized spacial score (nSPS) is 31.5. The SMILES string of the molecule is C=CCN(C)C(=O)[C@H]1[C@H]2C(=O)N(CCCCO)C(C(=O)N(CC=C)CCCC)C23CC(Br)[C@@H]1S3. The van der Waals surface area contributed by atoms with E-state index in [9.17, 15) is 19.5 Å². The molecule has 3 amide bonds. The number of carbonyl (C=O) groups is 3. The summed E-state index contributed by atoms with van der Waals surface area (Å²) in [6.45, 7) is 11.6. The second-order valence-corrected chi connectivity index (χ2v) is 12.3. The van der Waals surface area contributed by atoms with E-state index in [1.807, 2.05) is 4.90 Å². The standard InChI is InChI=1S/C25H38BrN3O4S/c1-5-8-13-28(12-7-3)24(33)21-25-16-17(26)20(34-25)18(22(31)27(4)11-6-2)19(25)23(32)29(21)14-9-10-15-30/h6-7,17-21,30H,2-3,5,8-16H2,1,4H3/t17?,18-,19-,20-,21?,25?/m0/s1. The molecule has 6 atom stereocenters. The number of rotatable bonds is 13. The van der Waals surface area contributed by atoms with Crippen LogP contribution < -0.4 is 0 Å². The van der Waals surface area contributed by atoms with E-state index in [0.717, 1.165) is 12.8 Å². The van der Waals surface area contributed by atoms with Gasteiger partial charge in [-0.05, 0) is 25.7 Å². The third-order valence-electron chi connectivity index (χ3n) is 7.34. The smallest absolute Gasteiger partial charge is 0.247 e. The van der Waals surface area contributed by atoms with Gasteiger partial charge in [0, 0.05) is 49.9 Å². The number of thioether (sulfide) groups is 1. The summed E-state index contributed by atoms with van der Waals surface area (Å²) in [7, 11) is 1.74. The number of aliphatic hydroxyl groups excluding tert-OH is 1. The minimum absolute atomic E-state index is 0.0437. The quantitative estimate of drug-likeness (QED) is 0.214. The molecular weight excluding hydrogens is 518 g/mol. The number of hydrogen-bond donors (Lipinski definition) is 1. The van der Waals surface area contributed by atoms with E-state index in [0.29, 0.717) is 45.4 Å². The molecule has 1 N–H and O–H groups in total. The van der Waals surface area contributed by atoms with Gasteiger partial charge >= 0.3 is 0 Å². The summed E-state index contributed by atoms with van der Waals surface area (Å²) in [5.41, 5.74) is 0. The predicted octanol–water partition coefficient (Wildman–Crippen LogP) is 2.68. The fourth-order valence-electron chi connectivity index (χ4n) is 5.83. The van der Waals surface area contributed by atoms with E-state index in [-0.39, 0.29) is 34.4 Å². The minimum Gasteiger partial charge on any atom is -0.396 e. The van der Waals surface area contributed by atoms with Crippen LogP contribution in [-0.2, 0) is 14.4 Å². The van der Waals surface area contributed by atoms with Gasteiger partial charge in [0.15, 0.2) is 0 Å². The predicted molar refractivity (Wildman–Crippen MR) is 140 cm³/mol. The highest BCUT2D eigenvalue weighted by atomic mass is 79.9. The molecule has 3 fully saturated rings. The van der Waals surface area contributed by atoms with Gasteiger partial charge < -0.3 is 19.8 Å². The Labute approximate surface area is 216 Å². The molecule has 0 aromatic carbocycles. The highest BCUT2D eigenvalue weighted by molar-refractivity contribution is 9.09. The Bertz CT molecular complexity index is 811. The van der Waals surface area contributed by atoms with Gasteiger partial charge in [-0.3, -0.25) is 14.4 Å². The van der Waals surface area contributed by atoms with E-state index in [1.54, 1.807) is 40.8 Å². The molecule has 2 bridgehead atoms. The lowest BCUT2D eigenvalue weighted by Crippen LogP contribution is -2.56. The molecule has 0 aromatic heterocycles. The Balaban J connectivity index is 2.02. The van der Waals surface area contributed by atoms with Crippen molar-refractivity contribution in [2.45, 2.75) is 59.9 Å². The number of alkyl halides is 1.